The summed E-state index contributed by atoms with van der Waals surface area (Å²) in [7, 11) is 0. The van der Waals surface area contributed by atoms with Crippen LogP contribution >= 0.6 is 15.9 Å². The number of carboxylic acid groups (broad SMARTS) is 1. The first-order chi connectivity index (χ1) is 16.1. The van der Waals surface area contributed by atoms with Crippen molar-refractivity contribution >= 4 is 73.5 Å². The van der Waals surface area contributed by atoms with Crippen molar-refractivity contribution in [2.45, 2.75) is 32.7 Å². The molecule has 0 amide bonds. The van der Waals surface area contributed by atoms with Gasteiger partial charge in [-0.15, -0.1) is 0 Å². The molecule has 0 unspecified atom stereocenters. The average Bonchev–Trinajstić information content (AvgIpc) is 3.35. The molecule has 0 spiro atoms. The summed E-state index contributed by atoms with van der Waals surface area (Å²) in [5, 5.41) is 15.1. The van der Waals surface area contributed by atoms with Gasteiger partial charge in [-0.1, -0.05) is 31.5 Å². The van der Waals surface area contributed by atoms with Crippen LogP contribution in [0, 0.1) is 0 Å². The standard InChI is InChI=1S/C25H22BrN5O2.Na/c1-2-3-10-22-28-20-8-6-13-27-24(20)30(22)15-16-11-12-19-18(14-16)23(26)31(29-19)21-9-5-4-7-17(21)25(32)33;/h4-9,11-14H,2-3,10,15H2,1H3,(H,32,33);. The maximum absolute atomic E-state index is 11.7. The molecule has 0 saturated carbocycles. The molecule has 3 heterocycles. The van der Waals surface area contributed by atoms with Crippen molar-refractivity contribution in [3.05, 3.63) is 82.3 Å². The Labute approximate surface area is 227 Å². The number of hydrogen-bond acceptors (Lipinski definition) is 4. The van der Waals surface area contributed by atoms with E-state index in [4.69, 9.17) is 4.98 Å². The molecular weight excluding hydrogens is 505 g/mol. The summed E-state index contributed by atoms with van der Waals surface area (Å²) in [5.41, 5.74) is 4.38. The number of fused-ring (bicyclic) bond motifs is 2. The molecule has 0 atom stereocenters. The number of benzene rings is 2. The maximum Gasteiger partial charge on any atom is 0.337 e. The van der Waals surface area contributed by atoms with E-state index < -0.39 is 5.97 Å². The minimum atomic E-state index is -0.989. The Bertz CT molecular complexity index is 1490. The number of unbranched alkanes of at least 4 members (excludes halogenated alkanes) is 1. The Morgan fingerprint density at radius 1 is 1.09 bits per heavy atom. The van der Waals surface area contributed by atoms with Crippen LogP contribution in [-0.2, 0) is 13.0 Å². The average molecular weight is 527 g/mol. The van der Waals surface area contributed by atoms with E-state index in [1.54, 1.807) is 35.1 Å². The second-order valence-electron chi connectivity index (χ2n) is 7.94. The monoisotopic (exact) mass is 526 g/mol. The number of aryl methyl sites for hydroxylation is 1. The third-order valence-corrected chi connectivity index (χ3v) is 6.48. The molecule has 9 heteroatoms. The predicted octanol–water partition coefficient (Wildman–Crippen LogP) is 5.24. The van der Waals surface area contributed by atoms with E-state index in [1.165, 1.54) is 0 Å². The Balaban J connectivity index is 0.00000274. The van der Waals surface area contributed by atoms with E-state index in [1.807, 2.05) is 24.3 Å². The van der Waals surface area contributed by atoms with Gasteiger partial charge in [0.15, 0.2) is 5.65 Å². The number of halogens is 1. The molecule has 0 saturated heterocycles. The summed E-state index contributed by atoms with van der Waals surface area (Å²) in [6.07, 6.45) is 4.88. The quantitative estimate of drug-likeness (QED) is 0.293. The van der Waals surface area contributed by atoms with Crippen molar-refractivity contribution in [3.8, 4) is 5.69 Å². The van der Waals surface area contributed by atoms with Gasteiger partial charge in [-0.3, -0.25) is 0 Å². The Hall–Kier alpha value is -2.52. The minimum Gasteiger partial charge on any atom is -0.478 e. The molecular formula is C25H22BrN5NaO2. The van der Waals surface area contributed by atoms with Crippen LogP contribution < -0.4 is 0 Å². The summed E-state index contributed by atoms with van der Waals surface area (Å²) < 4.78 is 4.54. The third kappa shape index (κ3) is 4.55. The molecule has 3 aromatic heterocycles. The maximum atomic E-state index is 11.7. The van der Waals surface area contributed by atoms with Gasteiger partial charge in [0.2, 0.25) is 0 Å². The van der Waals surface area contributed by atoms with E-state index in [9.17, 15) is 9.90 Å². The molecule has 7 nitrogen and oxygen atoms in total. The molecule has 34 heavy (non-hydrogen) atoms. The fraction of sp³-hybridized carbons (Fsp3) is 0.200. The van der Waals surface area contributed by atoms with Gasteiger partial charge in [-0.25, -0.2) is 19.4 Å². The first kappa shape index (κ1) is 24.6. The van der Waals surface area contributed by atoms with Gasteiger partial charge in [-0.05, 0) is 64.3 Å². The number of aromatic nitrogens is 5. The van der Waals surface area contributed by atoms with Crippen LogP contribution in [0.4, 0.5) is 0 Å². The van der Waals surface area contributed by atoms with Crippen LogP contribution in [0.15, 0.2) is 65.4 Å². The molecule has 5 rings (SSSR count). The summed E-state index contributed by atoms with van der Waals surface area (Å²) >= 11 is 3.65. The van der Waals surface area contributed by atoms with E-state index in [0.29, 0.717) is 16.8 Å². The van der Waals surface area contributed by atoms with Gasteiger partial charge >= 0.3 is 5.97 Å². The Kier molecular flexibility index (Phi) is 7.52. The van der Waals surface area contributed by atoms with E-state index in [-0.39, 0.29) is 35.1 Å². The first-order valence-electron chi connectivity index (χ1n) is 10.9. The third-order valence-electron chi connectivity index (χ3n) is 5.72. The number of carboxylic acids is 1. The molecule has 5 aromatic rings. The van der Waals surface area contributed by atoms with E-state index in [0.717, 1.165) is 52.7 Å². The van der Waals surface area contributed by atoms with Gasteiger partial charge in [0, 0.05) is 47.6 Å². The molecule has 167 valence electrons. The van der Waals surface area contributed by atoms with Crippen LogP contribution in [0.1, 0.15) is 41.5 Å². The molecule has 1 N–H and O–H groups in total. The van der Waals surface area contributed by atoms with E-state index >= 15 is 0 Å². The Morgan fingerprint density at radius 3 is 2.71 bits per heavy atom. The number of aromatic carboxylic acids is 1. The molecule has 0 fully saturated rings. The smallest absolute Gasteiger partial charge is 0.337 e. The Morgan fingerprint density at radius 2 is 1.91 bits per heavy atom. The van der Waals surface area contributed by atoms with Crippen LogP contribution in [0.5, 0.6) is 0 Å². The number of para-hydroxylation sites is 1. The zero-order valence-electron chi connectivity index (χ0n) is 19.1. The van der Waals surface area contributed by atoms with Crippen molar-refractivity contribution in [2.75, 3.05) is 0 Å². The predicted molar refractivity (Wildman–Crippen MR) is 137 cm³/mol. The van der Waals surface area contributed by atoms with Crippen molar-refractivity contribution in [1.29, 1.82) is 0 Å². The first-order valence-corrected chi connectivity index (χ1v) is 11.7. The van der Waals surface area contributed by atoms with E-state index in [2.05, 4.69) is 43.6 Å². The van der Waals surface area contributed by atoms with Crippen molar-refractivity contribution in [2.24, 2.45) is 0 Å². The fourth-order valence-corrected chi connectivity index (χ4v) is 4.67. The summed E-state index contributed by atoms with van der Waals surface area (Å²) in [6.45, 7) is 2.82. The van der Waals surface area contributed by atoms with Crippen molar-refractivity contribution in [1.82, 2.24) is 24.3 Å². The molecule has 1 radical (unpaired) electrons. The van der Waals surface area contributed by atoms with Gasteiger partial charge in [0.1, 0.15) is 15.9 Å². The second kappa shape index (κ2) is 10.4. The minimum absolute atomic E-state index is 0. The molecule has 0 aliphatic heterocycles. The van der Waals surface area contributed by atoms with Crippen LogP contribution in [-0.4, -0.2) is 64.9 Å². The number of nitrogens with zero attached hydrogens (tertiary/aromatic N) is 5. The number of rotatable bonds is 7. The van der Waals surface area contributed by atoms with Gasteiger partial charge in [0.05, 0.1) is 23.3 Å². The molecule has 0 bridgehead atoms. The second-order valence-corrected chi connectivity index (χ2v) is 8.69. The van der Waals surface area contributed by atoms with Gasteiger partial charge in [-0.2, -0.15) is 5.10 Å². The molecule has 0 aliphatic carbocycles. The number of carbonyl (C=O) groups is 1. The number of pyridine rings is 1. The van der Waals surface area contributed by atoms with Gasteiger partial charge in [0.25, 0.3) is 0 Å². The fourth-order valence-electron chi connectivity index (χ4n) is 4.08. The summed E-state index contributed by atoms with van der Waals surface area (Å²) in [4.78, 5) is 21.1. The zero-order valence-corrected chi connectivity index (χ0v) is 22.7. The SMILES string of the molecule is CCCCc1nc2cccnc2n1Cc1ccc2nn(-c3ccccc3C(=O)O)c(Br)c2c1.[Na]. The summed E-state index contributed by atoms with van der Waals surface area (Å²) in [5.74, 6) is 0.0487. The van der Waals surface area contributed by atoms with Crippen LogP contribution in [0.3, 0.4) is 0 Å². The van der Waals surface area contributed by atoms with Crippen LogP contribution in [0.25, 0.3) is 27.8 Å². The van der Waals surface area contributed by atoms with Gasteiger partial charge < -0.3 is 9.67 Å². The van der Waals surface area contributed by atoms with Crippen molar-refractivity contribution < 1.29 is 9.90 Å². The number of hydrogen-bond donors (Lipinski definition) is 1. The van der Waals surface area contributed by atoms with Crippen LogP contribution in [0.2, 0.25) is 0 Å². The zero-order chi connectivity index (χ0) is 22.9. The number of imidazole rings is 1. The topological polar surface area (TPSA) is 85.8 Å². The molecule has 0 aliphatic rings. The molecule has 2 aromatic carbocycles. The summed E-state index contributed by atoms with van der Waals surface area (Å²) in [6, 6.07) is 16.9. The normalized spacial score (nSPS) is 11.1. The largest absolute Gasteiger partial charge is 0.478 e. The van der Waals surface area contributed by atoms with Crippen molar-refractivity contribution in [3.63, 3.8) is 0 Å².